The summed E-state index contributed by atoms with van der Waals surface area (Å²) in [5.41, 5.74) is 4.72. The van der Waals surface area contributed by atoms with E-state index >= 15 is 0 Å². The molecule has 1 fully saturated rings. The van der Waals surface area contributed by atoms with Crippen molar-refractivity contribution in [1.29, 1.82) is 0 Å². The predicted molar refractivity (Wildman–Crippen MR) is 73.3 cm³/mol. The van der Waals surface area contributed by atoms with E-state index in [0.717, 1.165) is 6.42 Å². The molecule has 0 aromatic heterocycles. The lowest BCUT2D eigenvalue weighted by Gasteiger charge is -2.49. The van der Waals surface area contributed by atoms with Gasteiger partial charge >= 0.3 is 0 Å². The van der Waals surface area contributed by atoms with Crippen molar-refractivity contribution in [3.63, 3.8) is 0 Å². The lowest BCUT2D eigenvalue weighted by molar-refractivity contribution is -0.192. The summed E-state index contributed by atoms with van der Waals surface area (Å²) in [6, 6.07) is 0. The summed E-state index contributed by atoms with van der Waals surface area (Å²) >= 11 is 0. The minimum atomic E-state index is -0.455. The number of carbonyl (C=O) groups excluding carboxylic acids is 1. The highest BCUT2D eigenvalue weighted by Crippen LogP contribution is 2.32. The van der Waals surface area contributed by atoms with E-state index in [1.165, 1.54) is 0 Å². The summed E-state index contributed by atoms with van der Waals surface area (Å²) in [6.07, 6.45) is 0.764. The monoisotopic (exact) mass is 256 g/mol. The molecule has 1 aliphatic heterocycles. The molecule has 0 aromatic rings. The molecule has 0 bridgehead atoms. The summed E-state index contributed by atoms with van der Waals surface area (Å²) in [4.78, 5) is 14.6. The molecule has 2 N–H and O–H groups in total. The predicted octanol–water partition coefficient (Wildman–Crippen LogP) is 1.78. The van der Waals surface area contributed by atoms with Crippen LogP contribution in [0.25, 0.3) is 0 Å². The summed E-state index contributed by atoms with van der Waals surface area (Å²) in [7, 11) is 0. The van der Waals surface area contributed by atoms with Crippen LogP contribution in [0.15, 0.2) is 0 Å². The number of carbonyl (C=O) groups is 1. The smallest absolute Gasteiger partial charge is 0.229 e. The van der Waals surface area contributed by atoms with Crippen LogP contribution in [-0.2, 0) is 9.53 Å². The SMILES string of the molecule is CCC(C)(CN)C(=O)N1CC(C)(C)OC(C)(C)C1. The van der Waals surface area contributed by atoms with Gasteiger partial charge in [0.15, 0.2) is 0 Å². The Morgan fingerprint density at radius 2 is 1.72 bits per heavy atom. The Bertz CT molecular complexity index is 304. The van der Waals surface area contributed by atoms with Gasteiger partial charge in [0.05, 0.1) is 16.6 Å². The van der Waals surface area contributed by atoms with E-state index in [1.807, 2.05) is 46.4 Å². The number of ether oxygens (including phenoxy) is 1. The molecule has 1 aliphatic rings. The molecule has 1 heterocycles. The quantitative estimate of drug-likeness (QED) is 0.837. The van der Waals surface area contributed by atoms with E-state index in [1.54, 1.807) is 0 Å². The molecule has 18 heavy (non-hydrogen) atoms. The maximum atomic E-state index is 12.6. The Morgan fingerprint density at radius 3 is 2.06 bits per heavy atom. The van der Waals surface area contributed by atoms with Crippen LogP contribution in [0.2, 0.25) is 0 Å². The van der Waals surface area contributed by atoms with Gasteiger partial charge in [-0.1, -0.05) is 6.92 Å². The molecular formula is C14H28N2O2. The first-order chi connectivity index (χ1) is 8.05. The number of nitrogens with two attached hydrogens (primary N) is 1. The molecule has 0 aromatic carbocycles. The largest absolute Gasteiger partial charge is 0.366 e. The first-order valence-corrected chi connectivity index (χ1v) is 6.75. The number of hydrogen-bond acceptors (Lipinski definition) is 3. The third-order valence-electron chi connectivity index (χ3n) is 3.73. The van der Waals surface area contributed by atoms with E-state index in [-0.39, 0.29) is 17.1 Å². The average molecular weight is 256 g/mol. The Labute approximate surface area is 111 Å². The Morgan fingerprint density at radius 1 is 1.28 bits per heavy atom. The standard InChI is InChI=1S/C14H28N2O2/c1-7-14(6,8-15)11(17)16-9-12(2,3)18-13(4,5)10-16/h7-10,15H2,1-6H3. The van der Waals surface area contributed by atoms with Crippen LogP contribution < -0.4 is 5.73 Å². The van der Waals surface area contributed by atoms with Gasteiger partial charge in [-0.3, -0.25) is 4.79 Å². The van der Waals surface area contributed by atoms with Crippen LogP contribution in [0.4, 0.5) is 0 Å². The zero-order valence-corrected chi connectivity index (χ0v) is 12.7. The molecule has 1 unspecified atom stereocenters. The van der Waals surface area contributed by atoms with Crippen molar-refractivity contribution in [1.82, 2.24) is 4.90 Å². The fraction of sp³-hybridized carbons (Fsp3) is 0.929. The number of amides is 1. The van der Waals surface area contributed by atoms with Crippen LogP contribution in [0.5, 0.6) is 0 Å². The van der Waals surface area contributed by atoms with Gasteiger partial charge in [0, 0.05) is 19.6 Å². The summed E-state index contributed by atoms with van der Waals surface area (Å²) in [5.74, 6) is 0.150. The van der Waals surface area contributed by atoms with Crippen LogP contribution in [0.1, 0.15) is 48.0 Å². The fourth-order valence-corrected chi connectivity index (χ4v) is 2.70. The molecule has 0 saturated carbocycles. The van der Waals surface area contributed by atoms with Gasteiger partial charge < -0.3 is 15.4 Å². The molecule has 4 nitrogen and oxygen atoms in total. The molecule has 1 amide bonds. The highest BCUT2D eigenvalue weighted by atomic mass is 16.5. The van der Waals surface area contributed by atoms with E-state index < -0.39 is 5.41 Å². The first-order valence-electron chi connectivity index (χ1n) is 6.75. The van der Waals surface area contributed by atoms with Gasteiger partial charge in [-0.25, -0.2) is 0 Å². The Balaban J connectivity index is 2.92. The molecule has 1 saturated heterocycles. The fourth-order valence-electron chi connectivity index (χ4n) is 2.70. The number of nitrogens with zero attached hydrogens (tertiary/aromatic N) is 1. The van der Waals surface area contributed by atoms with Crippen molar-refractivity contribution in [2.45, 2.75) is 59.2 Å². The number of rotatable bonds is 3. The summed E-state index contributed by atoms with van der Waals surface area (Å²) < 4.78 is 6.00. The van der Waals surface area contributed by atoms with E-state index in [0.29, 0.717) is 19.6 Å². The van der Waals surface area contributed by atoms with Crippen molar-refractivity contribution in [2.75, 3.05) is 19.6 Å². The van der Waals surface area contributed by atoms with Gasteiger partial charge in [0.25, 0.3) is 0 Å². The Hall–Kier alpha value is -0.610. The van der Waals surface area contributed by atoms with Crippen molar-refractivity contribution in [2.24, 2.45) is 11.1 Å². The minimum absolute atomic E-state index is 0.150. The summed E-state index contributed by atoms with van der Waals surface area (Å²) in [6.45, 7) is 13.7. The first kappa shape index (κ1) is 15.4. The molecule has 0 radical (unpaired) electrons. The van der Waals surface area contributed by atoms with Crippen LogP contribution in [0, 0.1) is 5.41 Å². The lowest BCUT2D eigenvalue weighted by atomic mass is 9.84. The second kappa shape index (κ2) is 4.82. The zero-order chi connectivity index (χ0) is 14.2. The maximum absolute atomic E-state index is 12.6. The molecule has 0 spiro atoms. The third kappa shape index (κ3) is 3.23. The highest BCUT2D eigenvalue weighted by molar-refractivity contribution is 5.82. The van der Waals surface area contributed by atoms with E-state index in [9.17, 15) is 4.79 Å². The van der Waals surface area contributed by atoms with E-state index in [4.69, 9.17) is 10.5 Å². The number of morpholine rings is 1. The minimum Gasteiger partial charge on any atom is -0.366 e. The van der Waals surface area contributed by atoms with Gasteiger partial charge in [-0.15, -0.1) is 0 Å². The van der Waals surface area contributed by atoms with Crippen molar-refractivity contribution >= 4 is 5.91 Å². The topological polar surface area (TPSA) is 55.6 Å². The van der Waals surface area contributed by atoms with Gasteiger partial charge in [0.1, 0.15) is 0 Å². The second-order valence-electron chi connectivity index (χ2n) is 6.90. The van der Waals surface area contributed by atoms with Gasteiger partial charge in [-0.2, -0.15) is 0 Å². The van der Waals surface area contributed by atoms with Crippen molar-refractivity contribution in [3.8, 4) is 0 Å². The summed E-state index contributed by atoms with van der Waals surface area (Å²) in [5, 5.41) is 0. The van der Waals surface area contributed by atoms with Crippen molar-refractivity contribution in [3.05, 3.63) is 0 Å². The normalized spacial score (nSPS) is 25.6. The molecular weight excluding hydrogens is 228 g/mol. The molecule has 1 atom stereocenters. The maximum Gasteiger partial charge on any atom is 0.229 e. The van der Waals surface area contributed by atoms with Gasteiger partial charge in [0.2, 0.25) is 5.91 Å². The molecule has 4 heteroatoms. The van der Waals surface area contributed by atoms with Crippen LogP contribution in [-0.4, -0.2) is 41.6 Å². The number of hydrogen-bond donors (Lipinski definition) is 1. The second-order valence-corrected chi connectivity index (χ2v) is 6.90. The zero-order valence-electron chi connectivity index (χ0n) is 12.7. The molecule has 106 valence electrons. The highest BCUT2D eigenvalue weighted by Gasteiger charge is 2.43. The Kier molecular flexibility index (Phi) is 4.13. The van der Waals surface area contributed by atoms with Crippen LogP contribution >= 0.6 is 0 Å². The van der Waals surface area contributed by atoms with Crippen LogP contribution in [0.3, 0.4) is 0 Å². The third-order valence-corrected chi connectivity index (χ3v) is 3.73. The average Bonchev–Trinajstić information content (AvgIpc) is 2.22. The van der Waals surface area contributed by atoms with E-state index in [2.05, 4.69) is 0 Å². The van der Waals surface area contributed by atoms with Crippen molar-refractivity contribution < 1.29 is 9.53 Å². The molecule has 0 aliphatic carbocycles. The molecule has 1 rings (SSSR count). The lowest BCUT2D eigenvalue weighted by Crippen LogP contribution is -2.61. The van der Waals surface area contributed by atoms with Gasteiger partial charge in [-0.05, 0) is 41.0 Å².